The predicted octanol–water partition coefficient (Wildman–Crippen LogP) is 2.53. The number of rotatable bonds is 8. The maximum absolute atomic E-state index is 12.5. The van der Waals surface area contributed by atoms with Gasteiger partial charge in [0.2, 0.25) is 21.1 Å². The van der Waals surface area contributed by atoms with Gasteiger partial charge in [-0.1, -0.05) is 11.3 Å². The molecule has 9 nitrogen and oxygen atoms in total. The average Bonchev–Trinajstić information content (AvgIpc) is 3.22. The fourth-order valence-corrected chi connectivity index (χ4v) is 4.40. The molecule has 3 rings (SSSR count). The number of aromatic nitrogens is 2. The third-order valence-corrected chi connectivity index (χ3v) is 6.53. The number of ether oxygens (including phenoxy) is 2. The fraction of sp³-hybridized carbons (Fsp3) is 0.211. The van der Waals surface area contributed by atoms with Crippen LogP contribution in [0, 0.1) is 0 Å². The van der Waals surface area contributed by atoms with Crippen LogP contribution in [0.25, 0.3) is 10.6 Å². The molecule has 0 spiro atoms. The summed E-state index contributed by atoms with van der Waals surface area (Å²) in [6.07, 6.45) is 0. The van der Waals surface area contributed by atoms with Crippen LogP contribution < -0.4 is 19.5 Å². The van der Waals surface area contributed by atoms with E-state index in [0.29, 0.717) is 10.8 Å². The van der Waals surface area contributed by atoms with Crippen molar-refractivity contribution in [3.8, 4) is 22.1 Å². The van der Waals surface area contributed by atoms with Crippen molar-refractivity contribution in [2.24, 2.45) is 0 Å². The van der Waals surface area contributed by atoms with Crippen molar-refractivity contribution in [1.82, 2.24) is 14.9 Å². The van der Waals surface area contributed by atoms with Gasteiger partial charge in [-0.15, -0.1) is 10.2 Å². The quantitative estimate of drug-likeness (QED) is 0.543. The number of nitrogens with one attached hydrogen (secondary N) is 2. The van der Waals surface area contributed by atoms with Gasteiger partial charge < -0.3 is 9.47 Å². The SMILES string of the molecule is COc1ccc(-c2nnc(NC(=O)C(C)NS(=O)(=O)c3ccc(OC)cc3)s2)cc1. The number of carbonyl (C=O) groups is 1. The number of nitrogens with zero attached hydrogens (tertiary/aromatic N) is 2. The largest absolute Gasteiger partial charge is 0.497 e. The maximum Gasteiger partial charge on any atom is 0.244 e. The topological polar surface area (TPSA) is 120 Å². The van der Waals surface area contributed by atoms with E-state index >= 15 is 0 Å². The lowest BCUT2D eigenvalue weighted by atomic mass is 10.2. The Morgan fingerprint density at radius 1 is 0.967 bits per heavy atom. The van der Waals surface area contributed by atoms with Crippen molar-refractivity contribution in [3.63, 3.8) is 0 Å². The Morgan fingerprint density at radius 2 is 1.53 bits per heavy atom. The van der Waals surface area contributed by atoms with Crippen LogP contribution in [0.5, 0.6) is 11.5 Å². The first-order valence-corrected chi connectivity index (χ1v) is 11.1. The molecule has 0 aliphatic carbocycles. The molecule has 0 radical (unpaired) electrons. The lowest BCUT2D eigenvalue weighted by Crippen LogP contribution is -2.41. The van der Waals surface area contributed by atoms with E-state index in [1.165, 1.54) is 49.6 Å². The zero-order valence-corrected chi connectivity index (χ0v) is 18.1. The Hall–Kier alpha value is -3.02. The molecule has 1 heterocycles. The van der Waals surface area contributed by atoms with Crippen molar-refractivity contribution < 1.29 is 22.7 Å². The summed E-state index contributed by atoms with van der Waals surface area (Å²) in [7, 11) is -0.808. The van der Waals surface area contributed by atoms with Gasteiger partial charge in [0.25, 0.3) is 0 Å². The Kier molecular flexibility index (Phi) is 6.65. The van der Waals surface area contributed by atoms with Gasteiger partial charge in [0.15, 0.2) is 0 Å². The highest BCUT2D eigenvalue weighted by Gasteiger charge is 2.23. The first kappa shape index (κ1) is 21.7. The molecule has 3 aromatic rings. The number of methoxy groups -OCH3 is 2. The van der Waals surface area contributed by atoms with E-state index in [1.807, 2.05) is 12.1 Å². The number of hydrogen-bond donors (Lipinski definition) is 2. The Labute approximate surface area is 178 Å². The first-order valence-electron chi connectivity index (χ1n) is 8.77. The molecule has 0 fully saturated rings. The van der Waals surface area contributed by atoms with Crippen molar-refractivity contribution in [2.75, 3.05) is 19.5 Å². The summed E-state index contributed by atoms with van der Waals surface area (Å²) in [5.41, 5.74) is 0.821. The minimum absolute atomic E-state index is 0.0284. The number of anilines is 1. The van der Waals surface area contributed by atoms with Gasteiger partial charge in [-0.05, 0) is 55.5 Å². The van der Waals surface area contributed by atoms with E-state index in [2.05, 4.69) is 20.2 Å². The maximum atomic E-state index is 12.5. The third-order valence-electron chi connectivity index (χ3n) is 4.09. The van der Waals surface area contributed by atoms with E-state index in [4.69, 9.17) is 9.47 Å². The van der Waals surface area contributed by atoms with Crippen LogP contribution >= 0.6 is 11.3 Å². The second-order valence-corrected chi connectivity index (χ2v) is 8.84. The summed E-state index contributed by atoms with van der Waals surface area (Å²) >= 11 is 1.18. The minimum atomic E-state index is -3.88. The lowest BCUT2D eigenvalue weighted by molar-refractivity contribution is -0.117. The first-order chi connectivity index (χ1) is 14.3. The van der Waals surface area contributed by atoms with Gasteiger partial charge >= 0.3 is 0 Å². The van der Waals surface area contributed by atoms with E-state index in [1.54, 1.807) is 19.2 Å². The van der Waals surface area contributed by atoms with E-state index < -0.39 is 22.0 Å². The van der Waals surface area contributed by atoms with Gasteiger partial charge in [0, 0.05) is 5.56 Å². The minimum Gasteiger partial charge on any atom is -0.497 e. The molecule has 30 heavy (non-hydrogen) atoms. The van der Waals surface area contributed by atoms with Crippen molar-refractivity contribution >= 4 is 32.4 Å². The van der Waals surface area contributed by atoms with E-state index in [9.17, 15) is 13.2 Å². The highest BCUT2D eigenvalue weighted by molar-refractivity contribution is 7.89. The second-order valence-electron chi connectivity index (χ2n) is 6.15. The molecule has 1 amide bonds. The van der Waals surface area contributed by atoms with Crippen molar-refractivity contribution in [3.05, 3.63) is 48.5 Å². The smallest absolute Gasteiger partial charge is 0.244 e. The Balaban J connectivity index is 1.64. The average molecular weight is 449 g/mol. The van der Waals surface area contributed by atoms with Crippen LogP contribution in [0.2, 0.25) is 0 Å². The predicted molar refractivity (Wildman–Crippen MR) is 113 cm³/mol. The van der Waals surface area contributed by atoms with Crippen LogP contribution in [-0.4, -0.2) is 44.8 Å². The van der Waals surface area contributed by atoms with Gasteiger partial charge in [-0.25, -0.2) is 8.42 Å². The van der Waals surface area contributed by atoms with E-state index in [-0.39, 0.29) is 10.0 Å². The van der Waals surface area contributed by atoms with Crippen LogP contribution in [0.15, 0.2) is 53.4 Å². The second kappa shape index (κ2) is 9.20. The van der Waals surface area contributed by atoms with Crippen molar-refractivity contribution in [2.45, 2.75) is 17.9 Å². The summed E-state index contributed by atoms with van der Waals surface area (Å²) in [4.78, 5) is 12.4. The molecule has 0 saturated heterocycles. The summed E-state index contributed by atoms with van der Waals surface area (Å²) in [5.74, 6) is 0.697. The monoisotopic (exact) mass is 448 g/mol. The van der Waals surface area contributed by atoms with Gasteiger partial charge in [-0.3, -0.25) is 10.1 Å². The molecule has 158 valence electrons. The summed E-state index contributed by atoms with van der Waals surface area (Å²) in [6, 6.07) is 12.1. The van der Waals surface area contributed by atoms with Gasteiger partial charge in [-0.2, -0.15) is 4.72 Å². The lowest BCUT2D eigenvalue weighted by Gasteiger charge is -2.13. The summed E-state index contributed by atoms with van der Waals surface area (Å²) < 4.78 is 37.4. The zero-order chi connectivity index (χ0) is 21.7. The molecule has 11 heteroatoms. The number of hydrogen-bond acceptors (Lipinski definition) is 8. The molecule has 1 unspecified atom stereocenters. The van der Waals surface area contributed by atoms with Gasteiger partial charge in [0.1, 0.15) is 16.5 Å². The molecular formula is C19H20N4O5S2. The standard InChI is InChI=1S/C19H20N4O5S2/c1-12(23-30(25,26)16-10-8-15(28-3)9-11-16)17(24)20-19-22-21-18(29-19)13-4-6-14(27-2)7-5-13/h4-12,23H,1-3H3,(H,20,22,24). The molecule has 2 N–H and O–H groups in total. The zero-order valence-electron chi connectivity index (χ0n) is 16.4. The molecule has 0 saturated carbocycles. The number of benzene rings is 2. The molecule has 2 aromatic carbocycles. The Bertz CT molecular complexity index is 1110. The highest BCUT2D eigenvalue weighted by atomic mass is 32.2. The van der Waals surface area contributed by atoms with E-state index in [0.717, 1.165) is 11.3 Å². The molecule has 0 bridgehead atoms. The molecule has 1 atom stereocenters. The Morgan fingerprint density at radius 3 is 2.10 bits per heavy atom. The highest BCUT2D eigenvalue weighted by Crippen LogP contribution is 2.27. The summed E-state index contributed by atoms with van der Waals surface area (Å²) in [6.45, 7) is 1.45. The van der Waals surface area contributed by atoms with Crippen LogP contribution in [0.3, 0.4) is 0 Å². The van der Waals surface area contributed by atoms with Gasteiger partial charge in [0.05, 0.1) is 25.2 Å². The van der Waals surface area contributed by atoms with Crippen LogP contribution in [-0.2, 0) is 14.8 Å². The van der Waals surface area contributed by atoms with Crippen molar-refractivity contribution in [1.29, 1.82) is 0 Å². The molecule has 1 aromatic heterocycles. The summed E-state index contributed by atoms with van der Waals surface area (Å²) in [5, 5.41) is 11.5. The van der Waals surface area contributed by atoms with Crippen LogP contribution in [0.4, 0.5) is 5.13 Å². The normalized spacial score (nSPS) is 12.2. The molecule has 0 aliphatic rings. The van der Waals surface area contributed by atoms with Crippen LogP contribution in [0.1, 0.15) is 6.92 Å². The third kappa shape index (κ3) is 5.12. The molecular weight excluding hydrogens is 428 g/mol. The molecule has 0 aliphatic heterocycles. The fourth-order valence-electron chi connectivity index (χ4n) is 2.45. The number of carbonyl (C=O) groups excluding carboxylic acids is 1. The number of amides is 1. The number of sulfonamides is 1.